The number of hydrogen-bond acceptors (Lipinski definition) is 4. The molecule has 3 rings (SSSR count). The van der Waals surface area contributed by atoms with Gasteiger partial charge in [-0.05, 0) is 32.4 Å². The molecule has 0 saturated heterocycles. The van der Waals surface area contributed by atoms with Crippen molar-refractivity contribution in [3.05, 3.63) is 66.3 Å². The molecule has 0 fully saturated rings. The van der Waals surface area contributed by atoms with Crippen LogP contribution in [-0.4, -0.2) is 27.4 Å². The predicted molar refractivity (Wildman–Crippen MR) is 92.9 cm³/mol. The van der Waals surface area contributed by atoms with E-state index in [4.69, 9.17) is 10.2 Å². The molecule has 0 amide bonds. The molecule has 23 heavy (non-hydrogen) atoms. The number of nitrogens with zero attached hydrogens (tertiary/aromatic N) is 1. The monoisotopic (exact) mass is 509 g/mol. The van der Waals surface area contributed by atoms with E-state index in [-0.39, 0.29) is 32.3 Å². The Morgan fingerprint density at radius 2 is 1.61 bits per heavy atom. The van der Waals surface area contributed by atoms with Gasteiger partial charge in [-0.25, -0.2) is 11.3 Å². The largest absolute Gasteiger partial charge is 0.393 e. The second-order valence-electron chi connectivity index (χ2n) is 4.83. The number of aliphatic hydroxyl groups excluding tert-OH is 2. The van der Waals surface area contributed by atoms with Gasteiger partial charge in [0.15, 0.2) is 0 Å². The molecule has 5 heteroatoms. The first-order chi connectivity index (χ1) is 10.6. The average Bonchev–Trinajstić information content (AvgIpc) is 2.97. The van der Waals surface area contributed by atoms with Crippen LogP contribution >= 0.6 is 11.3 Å². The molecule has 127 valence electrons. The molecule has 2 unspecified atom stereocenters. The molecule has 2 aromatic heterocycles. The Morgan fingerprint density at radius 3 is 2.00 bits per heavy atom. The van der Waals surface area contributed by atoms with Gasteiger partial charge in [0.1, 0.15) is 0 Å². The Kier molecular flexibility index (Phi) is 12.7. The van der Waals surface area contributed by atoms with Crippen LogP contribution in [0.25, 0.3) is 10.1 Å². The molecule has 0 aliphatic heterocycles. The molecule has 1 radical (unpaired) electrons. The summed E-state index contributed by atoms with van der Waals surface area (Å²) in [4.78, 5) is 3.78. The van der Waals surface area contributed by atoms with E-state index in [0.29, 0.717) is 6.42 Å². The third-order valence-electron chi connectivity index (χ3n) is 2.54. The quantitative estimate of drug-likeness (QED) is 0.516. The van der Waals surface area contributed by atoms with Crippen molar-refractivity contribution in [2.45, 2.75) is 32.5 Å². The van der Waals surface area contributed by atoms with Gasteiger partial charge in [-0.1, -0.05) is 22.2 Å². The number of pyridine rings is 1. The van der Waals surface area contributed by atoms with Crippen molar-refractivity contribution >= 4 is 21.4 Å². The number of hydrogen-bond donors (Lipinski definition) is 2. The van der Waals surface area contributed by atoms with Gasteiger partial charge >= 0.3 is 0 Å². The van der Waals surface area contributed by atoms with E-state index in [1.54, 1.807) is 37.6 Å². The smallest absolute Gasteiger partial charge is 0.0536 e. The molecule has 0 aliphatic carbocycles. The molecule has 3 aromatic rings. The molecule has 0 saturated carbocycles. The molecule has 2 N–H and O–H groups in total. The summed E-state index contributed by atoms with van der Waals surface area (Å²) >= 11 is 1.73. The topological polar surface area (TPSA) is 53.4 Å². The zero-order valence-electron chi connectivity index (χ0n) is 13.2. The van der Waals surface area contributed by atoms with E-state index in [1.165, 1.54) is 10.1 Å². The van der Waals surface area contributed by atoms with Crippen molar-refractivity contribution in [1.29, 1.82) is 0 Å². The number of aromatic nitrogens is 1. The average molecular weight is 509 g/mol. The Hall–Kier alpha value is -1.10. The van der Waals surface area contributed by atoms with Crippen LogP contribution in [0.5, 0.6) is 0 Å². The van der Waals surface area contributed by atoms with Gasteiger partial charge in [-0.15, -0.1) is 12.1 Å². The van der Waals surface area contributed by atoms with E-state index < -0.39 is 0 Å². The van der Waals surface area contributed by atoms with Crippen LogP contribution < -0.4 is 0 Å². The Morgan fingerprint density at radius 1 is 1.00 bits per heavy atom. The van der Waals surface area contributed by atoms with Gasteiger partial charge in [0.2, 0.25) is 0 Å². The van der Waals surface area contributed by atoms with Gasteiger partial charge in [-0.3, -0.25) is 4.98 Å². The fourth-order valence-corrected chi connectivity index (χ4v) is 2.38. The van der Waals surface area contributed by atoms with E-state index in [9.17, 15) is 0 Å². The maximum atomic E-state index is 8.56. The van der Waals surface area contributed by atoms with E-state index in [0.717, 1.165) is 0 Å². The number of fused-ring (bicyclic) bond motifs is 1. The fraction of sp³-hybridized carbons (Fsp3) is 0.278. The molecule has 0 spiro atoms. The summed E-state index contributed by atoms with van der Waals surface area (Å²) in [5.41, 5.74) is 0. The third-order valence-corrected chi connectivity index (χ3v) is 3.38. The van der Waals surface area contributed by atoms with E-state index in [2.05, 4.69) is 23.2 Å². The minimum atomic E-state index is -0.375. The van der Waals surface area contributed by atoms with Crippen molar-refractivity contribution in [3.8, 4) is 0 Å². The SMILES string of the molecule is CC(O)CC(C)O.[Ir].[c-]1csc2ccccc12.c1ccncc1. The molecule has 0 bridgehead atoms. The second kappa shape index (κ2) is 13.3. The maximum Gasteiger partial charge on any atom is 0.0536 e. The number of thiophene rings is 1. The van der Waals surface area contributed by atoms with Crippen molar-refractivity contribution in [2.24, 2.45) is 0 Å². The summed E-state index contributed by atoms with van der Waals surface area (Å²) in [7, 11) is 0. The number of aliphatic hydroxyl groups is 2. The molecule has 2 heterocycles. The second-order valence-corrected chi connectivity index (χ2v) is 5.75. The van der Waals surface area contributed by atoms with Gasteiger partial charge < -0.3 is 10.2 Å². The van der Waals surface area contributed by atoms with Crippen LogP contribution in [-0.2, 0) is 20.1 Å². The number of benzene rings is 1. The summed E-state index contributed by atoms with van der Waals surface area (Å²) in [5.74, 6) is 0. The van der Waals surface area contributed by atoms with Crippen LogP contribution in [0.15, 0.2) is 60.2 Å². The predicted octanol–water partition coefficient (Wildman–Crippen LogP) is 3.92. The maximum absolute atomic E-state index is 8.56. The van der Waals surface area contributed by atoms with Crippen LogP contribution in [0.4, 0.5) is 0 Å². The summed E-state index contributed by atoms with van der Waals surface area (Å²) in [6.45, 7) is 3.32. The van der Waals surface area contributed by atoms with Crippen molar-refractivity contribution in [3.63, 3.8) is 0 Å². The molecule has 2 atom stereocenters. The van der Waals surface area contributed by atoms with Crippen LogP contribution in [0.3, 0.4) is 0 Å². The zero-order chi connectivity index (χ0) is 16.2. The summed E-state index contributed by atoms with van der Waals surface area (Å²) in [6, 6.07) is 17.1. The first-order valence-corrected chi connectivity index (χ1v) is 8.02. The first kappa shape index (κ1) is 21.9. The van der Waals surface area contributed by atoms with Crippen molar-refractivity contribution < 1.29 is 30.3 Å². The molecular formula is C18H22IrNO2S-. The minimum absolute atomic E-state index is 0. The van der Waals surface area contributed by atoms with Gasteiger partial charge in [0.25, 0.3) is 0 Å². The first-order valence-electron chi connectivity index (χ1n) is 7.14. The van der Waals surface area contributed by atoms with Gasteiger partial charge in [-0.2, -0.15) is 17.5 Å². The van der Waals surface area contributed by atoms with Gasteiger partial charge in [0.05, 0.1) is 12.2 Å². The zero-order valence-corrected chi connectivity index (χ0v) is 16.4. The van der Waals surface area contributed by atoms with Crippen LogP contribution in [0.2, 0.25) is 0 Å². The Balaban J connectivity index is 0.000000317. The van der Waals surface area contributed by atoms with Crippen LogP contribution in [0.1, 0.15) is 20.3 Å². The standard InChI is InChI=1S/C8H5S.C5H5N.C5H12O2.Ir/c1-2-4-8-7(3-1)5-6-9-8;1-2-4-6-5-3-1;1-4(6)3-5(2)7;/h1-4,6H;1-5H;4-7H,3H2,1-2H3;/q-1;;;. The summed E-state index contributed by atoms with van der Waals surface area (Å²) in [6.07, 6.45) is 3.22. The molecule has 3 nitrogen and oxygen atoms in total. The minimum Gasteiger partial charge on any atom is -0.393 e. The Bertz CT molecular complexity index is 552. The summed E-state index contributed by atoms with van der Waals surface area (Å²) in [5, 5.41) is 20.3. The normalized spacial score (nSPS) is 11.8. The molecule has 0 aliphatic rings. The third kappa shape index (κ3) is 11.1. The number of rotatable bonds is 2. The van der Waals surface area contributed by atoms with Crippen LogP contribution in [0, 0.1) is 6.07 Å². The molecule has 1 aromatic carbocycles. The van der Waals surface area contributed by atoms with Crippen molar-refractivity contribution in [2.75, 3.05) is 0 Å². The van der Waals surface area contributed by atoms with E-state index in [1.807, 2.05) is 35.7 Å². The fourth-order valence-electron chi connectivity index (χ4n) is 1.65. The Labute approximate surface area is 155 Å². The van der Waals surface area contributed by atoms with Gasteiger partial charge in [0, 0.05) is 32.5 Å². The molecular weight excluding hydrogens is 486 g/mol. The van der Waals surface area contributed by atoms with E-state index >= 15 is 0 Å². The van der Waals surface area contributed by atoms with Crippen molar-refractivity contribution in [1.82, 2.24) is 4.98 Å². The summed E-state index contributed by atoms with van der Waals surface area (Å²) < 4.78 is 1.32.